The van der Waals surface area contributed by atoms with Gasteiger partial charge in [-0.3, -0.25) is 0 Å². The highest BCUT2D eigenvalue weighted by Crippen LogP contribution is 2.28. The summed E-state index contributed by atoms with van der Waals surface area (Å²) < 4.78 is 38.5. The topological polar surface area (TPSA) is 101 Å². The van der Waals surface area contributed by atoms with Gasteiger partial charge in [-0.1, -0.05) is 48.5 Å². The van der Waals surface area contributed by atoms with Gasteiger partial charge >= 0.3 is 0 Å². The van der Waals surface area contributed by atoms with Crippen LogP contribution in [0.3, 0.4) is 0 Å². The quantitative estimate of drug-likeness (QED) is 0.417. The van der Waals surface area contributed by atoms with Crippen LogP contribution in [0.15, 0.2) is 73.1 Å². The fourth-order valence-electron chi connectivity index (χ4n) is 3.04. The van der Waals surface area contributed by atoms with Gasteiger partial charge in [0.15, 0.2) is 12.4 Å². The van der Waals surface area contributed by atoms with Crippen molar-refractivity contribution >= 4 is 21.8 Å². The van der Waals surface area contributed by atoms with Crippen LogP contribution in [0.25, 0.3) is 21.8 Å². The maximum Gasteiger partial charge on any atom is 0.178 e. The van der Waals surface area contributed by atoms with Gasteiger partial charge in [-0.05, 0) is 11.6 Å². The average molecular weight is 373 g/mol. The predicted octanol–water partition coefficient (Wildman–Crippen LogP) is -1.09. The summed E-state index contributed by atoms with van der Waals surface area (Å²) in [4.78, 5) is 0. The zero-order valence-electron chi connectivity index (χ0n) is 14.0. The zero-order valence-corrected chi connectivity index (χ0v) is 14.8. The van der Waals surface area contributed by atoms with Gasteiger partial charge in [0.1, 0.15) is 7.05 Å². The second kappa shape index (κ2) is 7.41. The van der Waals surface area contributed by atoms with Crippen molar-refractivity contribution in [1.29, 1.82) is 0 Å². The number of aryl methyl sites for hydroxylation is 1. The molecule has 0 atom stereocenters. The van der Waals surface area contributed by atoms with Gasteiger partial charge in [-0.15, -0.1) is 10.2 Å². The second-order valence-corrected chi connectivity index (χ2v) is 6.63. The van der Waals surface area contributed by atoms with E-state index in [1.807, 2.05) is 0 Å². The number of nitrogens with zero attached hydrogens (tertiary/aromatic N) is 2. The number of halogens is 1. The van der Waals surface area contributed by atoms with Gasteiger partial charge in [0.05, 0.1) is 10.9 Å². The summed E-state index contributed by atoms with van der Waals surface area (Å²) in [5, 5.41) is 2.63. The molecule has 0 saturated heterocycles. The Balaban J connectivity index is 0.000000349. The maximum absolute atomic E-state index is 8.49. The smallest absolute Gasteiger partial charge is 0.178 e. The maximum atomic E-state index is 8.49. The second-order valence-electron chi connectivity index (χ2n) is 5.88. The molecule has 4 rings (SSSR count). The van der Waals surface area contributed by atoms with Crippen molar-refractivity contribution in [3.05, 3.63) is 78.6 Å². The Morgan fingerprint density at radius 2 is 1.38 bits per heavy atom. The van der Waals surface area contributed by atoms with Crippen LogP contribution in [0.2, 0.25) is 0 Å². The van der Waals surface area contributed by atoms with E-state index in [-0.39, 0.29) is 0 Å². The molecule has 0 aliphatic carbocycles. The summed E-state index contributed by atoms with van der Waals surface area (Å²) in [7, 11) is -2.87. The molecule has 0 unspecified atom stereocenters. The molecule has 0 radical (unpaired) electrons. The number of para-hydroxylation sites is 1. The lowest BCUT2D eigenvalue weighted by Gasteiger charge is -2.17. The molecule has 134 valence electrons. The van der Waals surface area contributed by atoms with Crippen LogP contribution < -0.4 is 23.2 Å². The highest BCUT2D eigenvalue weighted by atomic mass is 35.7. The van der Waals surface area contributed by atoms with Gasteiger partial charge in [0.25, 0.3) is 0 Å². The number of pyridine rings is 1. The number of hydrogen-bond acceptors (Lipinski definition) is 4. The highest BCUT2D eigenvalue weighted by molar-refractivity contribution is 6.07. The van der Waals surface area contributed by atoms with Crippen LogP contribution in [0, 0.1) is 10.2 Å². The van der Waals surface area contributed by atoms with Gasteiger partial charge in [-0.2, -0.15) is 0 Å². The van der Waals surface area contributed by atoms with Crippen LogP contribution in [-0.4, -0.2) is 4.57 Å². The molecule has 2 aromatic carbocycles. The van der Waals surface area contributed by atoms with Crippen LogP contribution in [0.5, 0.6) is 0 Å². The lowest BCUT2D eigenvalue weighted by molar-refractivity contribution is -2.00. The first-order valence-electron chi connectivity index (χ1n) is 7.85. The van der Waals surface area contributed by atoms with E-state index in [9.17, 15) is 0 Å². The molecule has 0 aliphatic heterocycles. The molecule has 0 spiro atoms. The first kappa shape index (κ1) is 18.3. The molecule has 0 amide bonds. The third-order valence-corrected chi connectivity index (χ3v) is 4.04. The molecule has 4 aromatic rings. The van der Waals surface area contributed by atoms with E-state index in [0.717, 1.165) is 6.54 Å². The fourth-order valence-corrected chi connectivity index (χ4v) is 3.04. The summed E-state index contributed by atoms with van der Waals surface area (Å²) in [6.45, 7) is 0.901. The average Bonchev–Trinajstić information content (AvgIpc) is 2.88. The molecular formula is C19H17ClN2O4. The van der Waals surface area contributed by atoms with Crippen molar-refractivity contribution in [2.75, 3.05) is 0 Å². The minimum absolute atomic E-state index is 0.901. The molecular weight excluding hydrogens is 356 g/mol. The van der Waals surface area contributed by atoms with Crippen molar-refractivity contribution in [3.63, 3.8) is 0 Å². The third kappa shape index (κ3) is 4.37. The van der Waals surface area contributed by atoms with E-state index < -0.39 is 10.2 Å². The molecule has 0 N–H and O–H groups in total. The minimum Gasteiger partial charge on any atom is -0.336 e. The lowest BCUT2D eigenvalue weighted by Crippen LogP contribution is -2.68. The Labute approximate surface area is 152 Å². The van der Waals surface area contributed by atoms with Crippen LogP contribution in [0.1, 0.15) is 5.56 Å². The zero-order chi connectivity index (χ0) is 18.7. The summed E-state index contributed by atoms with van der Waals surface area (Å²) in [6.07, 6.45) is 4.32. The van der Waals surface area contributed by atoms with Gasteiger partial charge in [0, 0.05) is 23.5 Å². The first-order chi connectivity index (χ1) is 12.3. The summed E-state index contributed by atoms with van der Waals surface area (Å²) in [5.74, 6) is 0. The molecule has 26 heavy (non-hydrogen) atoms. The highest BCUT2D eigenvalue weighted by Gasteiger charge is 2.12. The van der Waals surface area contributed by atoms with Crippen molar-refractivity contribution in [2.45, 2.75) is 6.54 Å². The molecule has 2 heterocycles. The normalized spacial score (nSPS) is 11.4. The first-order valence-corrected chi connectivity index (χ1v) is 9.08. The van der Waals surface area contributed by atoms with Crippen molar-refractivity contribution in [3.8, 4) is 0 Å². The van der Waals surface area contributed by atoms with Crippen LogP contribution in [-0.2, 0) is 13.6 Å². The van der Waals surface area contributed by atoms with Gasteiger partial charge in [0.2, 0.25) is 0 Å². The number of rotatable bonds is 2. The Morgan fingerprint density at radius 3 is 2.08 bits per heavy atom. The molecule has 0 bridgehead atoms. The van der Waals surface area contributed by atoms with Gasteiger partial charge in [-0.25, -0.2) is 23.2 Å². The fraction of sp³-hybridized carbons (Fsp3) is 0.105. The van der Waals surface area contributed by atoms with E-state index in [1.165, 1.54) is 27.4 Å². The number of fused-ring (bicyclic) bond motifs is 3. The van der Waals surface area contributed by atoms with E-state index in [0.29, 0.717) is 0 Å². The summed E-state index contributed by atoms with van der Waals surface area (Å²) >= 11 is 0. The Kier molecular flexibility index (Phi) is 5.22. The molecule has 2 aromatic heterocycles. The van der Waals surface area contributed by atoms with Crippen LogP contribution >= 0.6 is 0 Å². The minimum atomic E-state index is -4.94. The standard InChI is InChI=1S/C19H17N2.ClHO4/c1-20-12-11-19-17(14-20)16-9-5-6-10-18(16)21(19)13-15-7-3-2-4-8-15;2-1(3,4)5/h2-12,14H,13H2,1H3;(H,2,3,4,5)/q+1;/p-1. The summed E-state index contributed by atoms with van der Waals surface area (Å²) in [5.41, 5.74) is 3.91. The van der Waals surface area contributed by atoms with Crippen molar-refractivity contribution < 1.29 is 33.4 Å². The van der Waals surface area contributed by atoms with Gasteiger partial charge < -0.3 is 4.57 Å². The van der Waals surface area contributed by atoms with E-state index in [1.54, 1.807) is 0 Å². The third-order valence-electron chi connectivity index (χ3n) is 4.04. The molecule has 7 heteroatoms. The molecule has 0 fully saturated rings. The van der Waals surface area contributed by atoms with E-state index >= 15 is 0 Å². The Hall–Kier alpha value is -2.48. The summed E-state index contributed by atoms with van der Waals surface area (Å²) in [6, 6.07) is 21.5. The largest absolute Gasteiger partial charge is 0.336 e. The van der Waals surface area contributed by atoms with Crippen LogP contribution in [0.4, 0.5) is 0 Å². The van der Waals surface area contributed by atoms with E-state index in [2.05, 4.69) is 89.2 Å². The molecule has 0 aliphatic rings. The van der Waals surface area contributed by atoms with E-state index in [4.69, 9.17) is 18.6 Å². The molecule has 6 nitrogen and oxygen atoms in total. The Bertz CT molecular complexity index is 1020. The monoisotopic (exact) mass is 372 g/mol. The van der Waals surface area contributed by atoms with Crippen molar-refractivity contribution in [2.24, 2.45) is 7.05 Å². The lowest BCUT2D eigenvalue weighted by atomic mass is 10.2. The van der Waals surface area contributed by atoms with Crippen molar-refractivity contribution in [1.82, 2.24) is 4.57 Å². The molecule has 0 saturated carbocycles. The number of hydrogen-bond donors (Lipinski definition) is 0. The number of benzene rings is 2. The Morgan fingerprint density at radius 1 is 0.808 bits per heavy atom. The number of aromatic nitrogens is 2. The predicted molar refractivity (Wildman–Crippen MR) is 86.2 cm³/mol. The SMILES string of the molecule is C[n+]1ccc2c(c1)c1ccccc1n2Cc1ccccc1.[O-][Cl+3]([O-])([O-])[O-].